The second kappa shape index (κ2) is 14.4. The highest BCUT2D eigenvalue weighted by Gasteiger charge is 2.55. The summed E-state index contributed by atoms with van der Waals surface area (Å²) in [6.45, 7) is 3.67. The van der Waals surface area contributed by atoms with Crippen LogP contribution in [-0.2, 0) is 4.79 Å². The molecule has 0 unspecified atom stereocenters. The molecule has 3 N–H and O–H groups in total. The van der Waals surface area contributed by atoms with Crippen molar-refractivity contribution in [3.8, 4) is 0 Å². The fourth-order valence-electron chi connectivity index (χ4n) is 4.97. The zero-order chi connectivity index (χ0) is 32.7. The number of nitro benzene ring substituents is 1. The van der Waals surface area contributed by atoms with Crippen LogP contribution >= 0.6 is 23.2 Å². The molecule has 0 aromatic heterocycles. The fourth-order valence-corrected chi connectivity index (χ4v) is 5.35. The molecule has 4 rings (SSSR count). The number of halogens is 2. The highest BCUT2D eigenvalue weighted by Crippen LogP contribution is 2.39. The van der Waals surface area contributed by atoms with Gasteiger partial charge >= 0.3 is 12.1 Å². The molecule has 1 aliphatic heterocycles. The predicted octanol–water partition coefficient (Wildman–Crippen LogP) is 6.49. The van der Waals surface area contributed by atoms with Crippen LogP contribution in [0.1, 0.15) is 38.7 Å². The Morgan fingerprint density at radius 3 is 2.44 bits per heavy atom. The second-order valence-electron chi connectivity index (χ2n) is 10.7. The Bertz CT molecular complexity index is 1620. The number of benzene rings is 3. The predicted molar refractivity (Wildman–Crippen MR) is 171 cm³/mol. The molecule has 1 saturated heterocycles. The van der Waals surface area contributed by atoms with Crippen LogP contribution in [0.3, 0.4) is 0 Å². The van der Waals surface area contributed by atoms with Crippen molar-refractivity contribution in [3.63, 3.8) is 0 Å². The molecule has 0 saturated carbocycles. The summed E-state index contributed by atoms with van der Waals surface area (Å²) >= 11 is 12.2. The number of nitrogens with zero attached hydrogens (tertiary/aromatic N) is 5. The molecule has 5 amide bonds. The van der Waals surface area contributed by atoms with E-state index in [1.54, 1.807) is 62.4 Å². The van der Waals surface area contributed by atoms with Gasteiger partial charge in [0, 0.05) is 52.1 Å². The van der Waals surface area contributed by atoms with Crippen molar-refractivity contribution in [1.29, 1.82) is 0 Å². The average molecular weight is 657 g/mol. The van der Waals surface area contributed by atoms with Crippen molar-refractivity contribution >= 4 is 64.4 Å². The van der Waals surface area contributed by atoms with E-state index < -0.39 is 28.7 Å². The number of non-ortho nitro benzene ring substituents is 1. The maximum atomic E-state index is 13.8. The van der Waals surface area contributed by atoms with Gasteiger partial charge in [-0.3, -0.25) is 25.0 Å². The van der Waals surface area contributed by atoms with Crippen LogP contribution in [0.4, 0.5) is 26.7 Å². The molecule has 3 aromatic rings. The van der Waals surface area contributed by atoms with Crippen LogP contribution in [0, 0.1) is 10.1 Å². The molecule has 1 aliphatic rings. The van der Waals surface area contributed by atoms with Gasteiger partial charge in [0.15, 0.2) is 6.17 Å². The minimum absolute atomic E-state index is 0.0908. The molecule has 0 bridgehead atoms. The summed E-state index contributed by atoms with van der Waals surface area (Å²) < 4.78 is 0. The number of nitro groups is 1. The van der Waals surface area contributed by atoms with Gasteiger partial charge < -0.3 is 10.2 Å². The third kappa shape index (κ3) is 8.06. The molecule has 3 aromatic carbocycles. The number of hydrazone groups is 1. The molecule has 1 atom stereocenters. The van der Waals surface area contributed by atoms with Crippen molar-refractivity contribution < 1.29 is 24.5 Å². The topological polar surface area (TPSA) is 161 Å². The maximum Gasteiger partial charge on any atom is 0.347 e. The summed E-state index contributed by atoms with van der Waals surface area (Å²) in [5.74, 6) is -0.374. The molecular weight excluding hydrogens is 625 g/mol. The van der Waals surface area contributed by atoms with E-state index in [-0.39, 0.29) is 24.6 Å². The molecular formula is C30H31Cl2N7O6. The molecule has 45 heavy (non-hydrogen) atoms. The maximum absolute atomic E-state index is 13.8. The lowest BCUT2D eigenvalue weighted by molar-refractivity contribution is -0.384. The van der Waals surface area contributed by atoms with Crippen LogP contribution < -0.4 is 15.6 Å². The Morgan fingerprint density at radius 2 is 1.76 bits per heavy atom. The first kappa shape index (κ1) is 33.2. The van der Waals surface area contributed by atoms with Gasteiger partial charge in [-0.1, -0.05) is 47.5 Å². The van der Waals surface area contributed by atoms with E-state index in [4.69, 9.17) is 23.2 Å². The van der Waals surface area contributed by atoms with Gasteiger partial charge in [-0.2, -0.15) is 10.2 Å². The van der Waals surface area contributed by atoms with E-state index in [0.717, 1.165) is 0 Å². The van der Waals surface area contributed by atoms with Crippen molar-refractivity contribution in [2.45, 2.75) is 44.8 Å². The van der Waals surface area contributed by atoms with Crippen LogP contribution in [0.5, 0.6) is 0 Å². The van der Waals surface area contributed by atoms with E-state index in [2.05, 4.69) is 15.8 Å². The van der Waals surface area contributed by atoms with Crippen LogP contribution in [0.25, 0.3) is 0 Å². The van der Waals surface area contributed by atoms with Crippen LogP contribution in [0.2, 0.25) is 10.0 Å². The lowest BCUT2D eigenvalue weighted by Crippen LogP contribution is -2.58. The Balaban J connectivity index is 1.42. The van der Waals surface area contributed by atoms with E-state index in [0.29, 0.717) is 44.9 Å². The van der Waals surface area contributed by atoms with Gasteiger partial charge in [-0.25, -0.2) is 15.0 Å². The molecule has 1 fully saturated rings. The largest absolute Gasteiger partial charge is 0.347 e. The summed E-state index contributed by atoms with van der Waals surface area (Å²) in [7, 11) is 0. The summed E-state index contributed by atoms with van der Waals surface area (Å²) in [6, 6.07) is 17.4. The van der Waals surface area contributed by atoms with Crippen molar-refractivity contribution in [1.82, 2.24) is 15.4 Å². The Kier molecular flexibility index (Phi) is 10.6. The smallest absolute Gasteiger partial charge is 0.315 e. The first-order chi connectivity index (χ1) is 21.4. The number of hydrogen-bond donors (Lipinski definition) is 3. The molecule has 0 radical (unpaired) electrons. The van der Waals surface area contributed by atoms with E-state index in [1.807, 2.05) is 0 Å². The monoisotopic (exact) mass is 655 g/mol. The number of hydrogen-bond acceptors (Lipinski definition) is 7. The SMILES string of the molecule is CC1(C)[C@@H](N(O)C(=O)Nc2cccc(Cl)c2)N(c2cccc(Cl)c2)C(=O)N1CCCCC(=O)N/N=C/c1cccc([N+](=O)[O-])c1. The molecule has 236 valence electrons. The minimum atomic E-state index is -1.16. The molecule has 1 heterocycles. The number of amides is 5. The van der Waals surface area contributed by atoms with Gasteiger partial charge in [-0.15, -0.1) is 0 Å². The summed E-state index contributed by atoms with van der Waals surface area (Å²) in [5.41, 5.74) is 2.40. The number of rotatable bonds is 11. The van der Waals surface area contributed by atoms with Crippen molar-refractivity contribution in [2.75, 3.05) is 16.8 Å². The van der Waals surface area contributed by atoms with Crippen LogP contribution in [0.15, 0.2) is 77.9 Å². The first-order valence-corrected chi connectivity index (χ1v) is 14.6. The van der Waals surface area contributed by atoms with E-state index in [9.17, 15) is 29.7 Å². The normalized spacial score (nSPS) is 15.8. The molecule has 0 aliphatic carbocycles. The fraction of sp³-hybridized carbons (Fsp3) is 0.267. The quantitative estimate of drug-likeness (QED) is 0.0703. The van der Waals surface area contributed by atoms with E-state index in [1.165, 1.54) is 40.3 Å². The number of anilines is 2. The van der Waals surface area contributed by atoms with Gasteiger partial charge in [0.1, 0.15) is 0 Å². The van der Waals surface area contributed by atoms with E-state index >= 15 is 0 Å². The lowest BCUT2D eigenvalue weighted by Gasteiger charge is -2.38. The summed E-state index contributed by atoms with van der Waals surface area (Å²) in [4.78, 5) is 52.6. The second-order valence-corrected chi connectivity index (χ2v) is 11.6. The first-order valence-electron chi connectivity index (χ1n) is 13.9. The zero-order valence-corrected chi connectivity index (χ0v) is 25.9. The minimum Gasteiger partial charge on any atom is -0.315 e. The molecule has 13 nitrogen and oxygen atoms in total. The summed E-state index contributed by atoms with van der Waals surface area (Å²) in [6.07, 6.45) is 1.08. The van der Waals surface area contributed by atoms with Crippen molar-refractivity contribution in [2.24, 2.45) is 5.10 Å². The van der Waals surface area contributed by atoms with Gasteiger partial charge in [-0.05, 0) is 63.1 Å². The number of carbonyl (C=O) groups excluding carboxylic acids is 3. The zero-order valence-electron chi connectivity index (χ0n) is 24.4. The number of hydroxylamine groups is 2. The Labute approximate surface area is 269 Å². The third-order valence-electron chi connectivity index (χ3n) is 7.13. The molecule has 15 heteroatoms. The van der Waals surface area contributed by atoms with Gasteiger partial charge in [0.05, 0.1) is 16.7 Å². The molecule has 0 spiro atoms. The highest BCUT2D eigenvalue weighted by molar-refractivity contribution is 6.31. The number of nitrogens with one attached hydrogen (secondary N) is 2. The number of urea groups is 2. The van der Waals surface area contributed by atoms with Gasteiger partial charge in [0.2, 0.25) is 5.91 Å². The Hall–Kier alpha value is -4.72. The number of carbonyl (C=O) groups is 3. The third-order valence-corrected chi connectivity index (χ3v) is 7.60. The average Bonchev–Trinajstić information content (AvgIpc) is 3.19. The standard InChI is InChI=1S/C30H31Cl2N7O6/c1-30(2)27(38(43)28(41)34-23-11-6-9-21(31)17-23)37(24-12-7-10-22(32)18-24)29(42)36(30)15-4-3-14-26(40)35-33-19-20-8-5-13-25(16-20)39(44)45/h5-13,16-19,27,43H,3-4,14-15H2,1-2H3,(H,34,41)(H,35,40)/b33-19+/t27-/m1/s1. The van der Waals surface area contributed by atoms with Gasteiger partial charge in [0.25, 0.3) is 5.69 Å². The highest BCUT2D eigenvalue weighted by atomic mass is 35.5. The lowest BCUT2D eigenvalue weighted by atomic mass is 9.99. The number of unbranched alkanes of at least 4 members (excludes halogenated alkanes) is 1. The van der Waals surface area contributed by atoms with Crippen LogP contribution in [-0.4, -0.2) is 62.5 Å². The summed E-state index contributed by atoms with van der Waals surface area (Å²) in [5, 5.41) is 29.8. The van der Waals surface area contributed by atoms with Crippen molar-refractivity contribution in [3.05, 3.63) is 98.5 Å². The Morgan fingerprint density at radius 1 is 1.07 bits per heavy atom.